The van der Waals surface area contributed by atoms with Crippen molar-refractivity contribution in [3.8, 4) is 0 Å². The molecule has 0 radical (unpaired) electrons. The predicted molar refractivity (Wildman–Crippen MR) is 129 cm³/mol. The van der Waals surface area contributed by atoms with Crippen molar-refractivity contribution in [1.29, 1.82) is 0 Å². The zero-order valence-electron chi connectivity index (χ0n) is 20.1. The molecule has 4 atom stereocenters. The molecule has 4 unspecified atom stereocenters. The third-order valence-corrected chi connectivity index (χ3v) is 7.00. The summed E-state index contributed by atoms with van der Waals surface area (Å²) in [6, 6.07) is 0. The number of allylic oxidation sites excluding steroid dienone is 1. The van der Waals surface area contributed by atoms with Gasteiger partial charge in [0.25, 0.3) is 0 Å². The lowest BCUT2D eigenvalue weighted by Gasteiger charge is -2.22. The number of ether oxygens (including phenoxy) is 1. The van der Waals surface area contributed by atoms with Gasteiger partial charge in [0, 0.05) is 30.1 Å². The van der Waals surface area contributed by atoms with E-state index in [1.54, 1.807) is 11.3 Å². The SMILES string of the molecule is C/C1=C/CCCC(C)CC(C)C(=O)C(C)CCC(=O)OC(/C(C)=C/c2csc(C)n2)C1. The minimum atomic E-state index is -0.303. The van der Waals surface area contributed by atoms with E-state index >= 15 is 0 Å². The van der Waals surface area contributed by atoms with Crippen molar-refractivity contribution in [2.24, 2.45) is 17.8 Å². The van der Waals surface area contributed by atoms with Crippen LogP contribution in [0.1, 0.15) is 90.3 Å². The van der Waals surface area contributed by atoms with E-state index in [4.69, 9.17) is 4.74 Å². The predicted octanol–water partition coefficient (Wildman–Crippen LogP) is 6.93. The summed E-state index contributed by atoms with van der Waals surface area (Å²) < 4.78 is 5.91. The summed E-state index contributed by atoms with van der Waals surface area (Å²) in [7, 11) is 0. The minimum absolute atomic E-state index is 0.0469. The fourth-order valence-corrected chi connectivity index (χ4v) is 4.85. The minimum Gasteiger partial charge on any atom is -0.457 e. The molecule has 5 heteroatoms. The molecule has 2 rings (SSSR count). The number of carbonyl (C=O) groups is 2. The molecule has 0 spiro atoms. The van der Waals surface area contributed by atoms with Gasteiger partial charge in [-0.3, -0.25) is 9.59 Å². The normalized spacial score (nSPS) is 29.9. The summed E-state index contributed by atoms with van der Waals surface area (Å²) >= 11 is 1.61. The number of thiazole rings is 1. The Labute approximate surface area is 192 Å². The van der Waals surface area contributed by atoms with Gasteiger partial charge in [-0.15, -0.1) is 11.3 Å². The summed E-state index contributed by atoms with van der Waals surface area (Å²) in [5.41, 5.74) is 3.16. The van der Waals surface area contributed by atoms with Gasteiger partial charge in [-0.1, -0.05) is 38.8 Å². The number of esters is 1. The van der Waals surface area contributed by atoms with E-state index in [1.807, 2.05) is 39.2 Å². The molecule has 0 bridgehead atoms. The van der Waals surface area contributed by atoms with Gasteiger partial charge in [-0.2, -0.15) is 0 Å². The second-order valence-electron chi connectivity index (χ2n) is 9.43. The second kappa shape index (κ2) is 12.3. The molecule has 1 aromatic rings. The highest BCUT2D eigenvalue weighted by Gasteiger charge is 2.24. The van der Waals surface area contributed by atoms with Crippen LogP contribution in [-0.2, 0) is 14.3 Å². The lowest BCUT2D eigenvalue weighted by atomic mass is 9.85. The molecule has 0 saturated heterocycles. The van der Waals surface area contributed by atoms with E-state index in [0.29, 0.717) is 18.8 Å². The number of aromatic nitrogens is 1. The van der Waals surface area contributed by atoms with Gasteiger partial charge in [-0.25, -0.2) is 4.98 Å². The molecule has 0 aromatic carbocycles. The average Bonchev–Trinajstić information content (AvgIpc) is 3.12. The van der Waals surface area contributed by atoms with Crippen LogP contribution in [0, 0.1) is 24.7 Å². The first kappa shape index (κ1) is 25.5. The number of carbonyl (C=O) groups excluding carboxylic acids is 2. The molecule has 172 valence electrons. The first-order valence-electron chi connectivity index (χ1n) is 11.6. The van der Waals surface area contributed by atoms with Gasteiger partial charge < -0.3 is 4.74 Å². The van der Waals surface area contributed by atoms with Gasteiger partial charge in [0.2, 0.25) is 0 Å². The number of rotatable bonds is 2. The maximum atomic E-state index is 12.7. The Hall–Kier alpha value is -1.75. The summed E-state index contributed by atoms with van der Waals surface area (Å²) in [4.78, 5) is 29.9. The Morgan fingerprint density at radius 1 is 1.16 bits per heavy atom. The molecule has 1 aliphatic heterocycles. The summed E-state index contributed by atoms with van der Waals surface area (Å²) in [6.45, 7) is 12.3. The van der Waals surface area contributed by atoms with Crippen molar-refractivity contribution in [3.05, 3.63) is 33.3 Å². The smallest absolute Gasteiger partial charge is 0.306 e. The van der Waals surface area contributed by atoms with Crippen LogP contribution in [0.2, 0.25) is 0 Å². The van der Waals surface area contributed by atoms with E-state index in [0.717, 1.165) is 42.0 Å². The highest BCUT2D eigenvalue weighted by Crippen LogP contribution is 2.25. The fraction of sp³-hybridized carbons (Fsp3) is 0.654. The number of nitrogens with zero attached hydrogens (tertiary/aromatic N) is 1. The lowest BCUT2D eigenvalue weighted by Crippen LogP contribution is -2.24. The Morgan fingerprint density at radius 2 is 1.90 bits per heavy atom. The Balaban J connectivity index is 2.19. The van der Waals surface area contributed by atoms with E-state index in [9.17, 15) is 9.59 Å². The number of aryl methyl sites for hydroxylation is 1. The molecule has 1 aliphatic rings. The van der Waals surface area contributed by atoms with Crippen molar-refractivity contribution < 1.29 is 14.3 Å². The third kappa shape index (κ3) is 8.72. The number of cyclic esters (lactones) is 1. The van der Waals surface area contributed by atoms with Crippen LogP contribution >= 0.6 is 11.3 Å². The summed E-state index contributed by atoms with van der Waals surface area (Å²) in [6.07, 6.45) is 9.70. The maximum absolute atomic E-state index is 12.7. The molecule has 4 nitrogen and oxygen atoms in total. The van der Waals surface area contributed by atoms with Crippen molar-refractivity contribution in [2.75, 3.05) is 0 Å². The number of ketones is 1. The van der Waals surface area contributed by atoms with Crippen LogP contribution in [0.4, 0.5) is 0 Å². The maximum Gasteiger partial charge on any atom is 0.306 e. The van der Waals surface area contributed by atoms with Crippen LogP contribution in [0.25, 0.3) is 6.08 Å². The fourth-order valence-electron chi connectivity index (χ4n) is 4.28. The van der Waals surface area contributed by atoms with Crippen molar-refractivity contribution >= 4 is 29.2 Å². The highest BCUT2D eigenvalue weighted by atomic mass is 32.1. The quantitative estimate of drug-likeness (QED) is 0.366. The molecule has 1 aromatic heterocycles. The Kier molecular flexibility index (Phi) is 10.1. The first-order valence-corrected chi connectivity index (χ1v) is 12.5. The molecule has 0 amide bonds. The topological polar surface area (TPSA) is 56.3 Å². The molecule has 31 heavy (non-hydrogen) atoms. The molecule has 0 fully saturated rings. The van der Waals surface area contributed by atoms with Gasteiger partial charge >= 0.3 is 5.97 Å². The van der Waals surface area contributed by atoms with Crippen molar-refractivity contribution in [1.82, 2.24) is 4.98 Å². The molecule has 0 N–H and O–H groups in total. The molecular formula is C26H39NO3S. The van der Waals surface area contributed by atoms with Crippen LogP contribution in [0.3, 0.4) is 0 Å². The Bertz CT molecular complexity index is 807. The zero-order valence-corrected chi connectivity index (χ0v) is 20.9. The van der Waals surface area contributed by atoms with Crippen molar-refractivity contribution in [3.63, 3.8) is 0 Å². The lowest BCUT2D eigenvalue weighted by molar-refractivity contribution is -0.147. The largest absolute Gasteiger partial charge is 0.457 e. The molecule has 0 aliphatic carbocycles. The molecule has 0 saturated carbocycles. The van der Waals surface area contributed by atoms with Crippen molar-refractivity contribution in [2.45, 2.75) is 92.6 Å². The summed E-state index contributed by atoms with van der Waals surface area (Å²) in [5, 5.41) is 3.04. The van der Waals surface area contributed by atoms with Gasteiger partial charge in [0.05, 0.1) is 10.7 Å². The molecule has 2 heterocycles. The standard InChI is InChI=1S/C26H39NO3S/c1-17-9-7-8-10-18(2)14-24(20(4)15-23-16-31-22(6)27-23)30-25(28)12-11-19(3)26(29)21(5)13-17/h10,15-17,19,21,24H,7-9,11-14H2,1-6H3/b18-10-,20-15+. The monoisotopic (exact) mass is 445 g/mol. The highest BCUT2D eigenvalue weighted by molar-refractivity contribution is 7.09. The number of Topliss-reactive ketones (excluding diaryl/α,β-unsaturated/α-hetero) is 1. The molecular weight excluding hydrogens is 406 g/mol. The van der Waals surface area contributed by atoms with Gasteiger partial charge in [0.15, 0.2) is 0 Å². The van der Waals surface area contributed by atoms with Gasteiger partial charge in [0.1, 0.15) is 11.9 Å². The second-order valence-corrected chi connectivity index (χ2v) is 10.5. The first-order chi connectivity index (χ1) is 14.7. The Morgan fingerprint density at radius 3 is 2.58 bits per heavy atom. The van der Waals surface area contributed by atoms with E-state index < -0.39 is 0 Å². The van der Waals surface area contributed by atoms with Crippen LogP contribution < -0.4 is 0 Å². The number of hydrogen-bond acceptors (Lipinski definition) is 5. The van der Waals surface area contributed by atoms with E-state index in [1.165, 1.54) is 5.57 Å². The van der Waals surface area contributed by atoms with Crippen LogP contribution in [0.5, 0.6) is 0 Å². The summed E-state index contributed by atoms with van der Waals surface area (Å²) in [5.74, 6) is 0.516. The zero-order chi connectivity index (χ0) is 23.0. The van der Waals surface area contributed by atoms with Crippen LogP contribution in [-0.4, -0.2) is 22.8 Å². The van der Waals surface area contributed by atoms with Gasteiger partial charge in [-0.05, 0) is 64.0 Å². The number of hydrogen-bond donors (Lipinski definition) is 0. The average molecular weight is 446 g/mol. The third-order valence-electron chi connectivity index (χ3n) is 6.20. The van der Waals surface area contributed by atoms with Crippen LogP contribution in [0.15, 0.2) is 22.6 Å². The van der Waals surface area contributed by atoms with E-state index in [-0.39, 0.29) is 36.1 Å². The van der Waals surface area contributed by atoms with E-state index in [2.05, 4.69) is 24.9 Å².